The maximum absolute atomic E-state index is 12.4. The summed E-state index contributed by atoms with van der Waals surface area (Å²) in [5.74, 6) is 1.21. The zero-order valence-corrected chi connectivity index (χ0v) is 19.4. The van der Waals surface area contributed by atoms with E-state index in [0.29, 0.717) is 24.1 Å². The minimum atomic E-state index is -0.406. The van der Waals surface area contributed by atoms with Crippen LogP contribution < -0.4 is 9.47 Å². The molecule has 0 spiro atoms. The first kappa shape index (κ1) is 21.4. The summed E-state index contributed by atoms with van der Waals surface area (Å²) in [5.41, 5.74) is 3.09. The number of carbonyl (C=O) groups is 1. The molecular formula is C23H20BrN3O3S. The van der Waals surface area contributed by atoms with E-state index in [0.717, 1.165) is 21.5 Å². The van der Waals surface area contributed by atoms with Gasteiger partial charge in [-0.05, 0) is 71.1 Å². The molecule has 2 aromatic rings. The molecule has 0 saturated heterocycles. The number of hydrogen-bond acceptors (Lipinski definition) is 5. The molecule has 158 valence electrons. The van der Waals surface area contributed by atoms with Gasteiger partial charge >= 0.3 is 0 Å². The lowest BCUT2D eigenvalue weighted by Crippen LogP contribution is -2.37. The molecule has 6 nitrogen and oxygen atoms in total. The largest absolute Gasteiger partial charge is 0.490 e. The highest BCUT2D eigenvalue weighted by Crippen LogP contribution is 2.33. The van der Waals surface area contributed by atoms with Gasteiger partial charge in [0, 0.05) is 5.70 Å². The molecule has 0 atom stereocenters. The number of allylic oxidation sites excluding steroid dienone is 1. The third kappa shape index (κ3) is 4.75. The summed E-state index contributed by atoms with van der Waals surface area (Å²) < 4.78 is 12.2. The van der Waals surface area contributed by atoms with Crippen LogP contribution in [0.2, 0.25) is 0 Å². The summed E-state index contributed by atoms with van der Waals surface area (Å²) in [4.78, 5) is 18.2. The Morgan fingerprint density at radius 2 is 1.87 bits per heavy atom. The molecule has 2 aliphatic heterocycles. The Hall–Kier alpha value is -2.84. The summed E-state index contributed by atoms with van der Waals surface area (Å²) in [6.07, 6.45) is 1.68. The van der Waals surface area contributed by atoms with Crippen molar-refractivity contribution in [1.29, 1.82) is 5.41 Å². The van der Waals surface area contributed by atoms with Gasteiger partial charge in [-0.3, -0.25) is 15.1 Å². The fourth-order valence-electron chi connectivity index (χ4n) is 3.08. The van der Waals surface area contributed by atoms with E-state index in [9.17, 15) is 4.79 Å². The zero-order chi connectivity index (χ0) is 22.0. The number of ether oxygens (including phenoxy) is 2. The van der Waals surface area contributed by atoms with Crippen molar-refractivity contribution < 1.29 is 14.3 Å². The minimum Gasteiger partial charge on any atom is -0.490 e. The quantitative estimate of drug-likeness (QED) is 0.428. The van der Waals surface area contributed by atoms with E-state index in [1.165, 1.54) is 17.3 Å². The smallest absolute Gasteiger partial charge is 0.283 e. The number of amides is 1. The molecule has 1 N–H and O–H groups in total. The van der Waals surface area contributed by atoms with E-state index in [-0.39, 0.29) is 11.4 Å². The third-order valence-electron chi connectivity index (χ3n) is 4.68. The van der Waals surface area contributed by atoms with Crippen LogP contribution in [0.5, 0.6) is 11.5 Å². The van der Waals surface area contributed by atoms with Crippen LogP contribution in [-0.2, 0) is 4.79 Å². The molecular weight excluding hydrogens is 478 g/mol. The molecule has 0 fully saturated rings. The fraction of sp³-hybridized carbons (Fsp3) is 0.174. The summed E-state index contributed by atoms with van der Waals surface area (Å²) in [5, 5.41) is 10.8. The van der Waals surface area contributed by atoms with Gasteiger partial charge in [0.15, 0.2) is 5.17 Å². The number of amidine groups is 2. The van der Waals surface area contributed by atoms with E-state index in [1.807, 2.05) is 61.7 Å². The number of rotatable bonds is 6. The van der Waals surface area contributed by atoms with Gasteiger partial charge in [0.1, 0.15) is 30.5 Å². The lowest BCUT2D eigenvalue weighted by Gasteiger charge is -2.25. The van der Waals surface area contributed by atoms with Crippen molar-refractivity contribution in [3.63, 3.8) is 0 Å². The Balaban J connectivity index is 1.40. The van der Waals surface area contributed by atoms with Crippen LogP contribution >= 0.6 is 27.7 Å². The molecule has 0 radical (unpaired) electrons. The van der Waals surface area contributed by atoms with E-state index in [4.69, 9.17) is 14.9 Å². The van der Waals surface area contributed by atoms with Crippen LogP contribution in [0, 0.1) is 12.3 Å². The summed E-state index contributed by atoms with van der Waals surface area (Å²) in [6.45, 7) is 4.74. The van der Waals surface area contributed by atoms with Crippen molar-refractivity contribution in [3.8, 4) is 11.5 Å². The lowest BCUT2D eigenvalue weighted by atomic mass is 10.1. The number of thioether (sulfide) groups is 1. The van der Waals surface area contributed by atoms with Crippen LogP contribution in [0.15, 0.2) is 68.6 Å². The predicted octanol–water partition coefficient (Wildman–Crippen LogP) is 5.38. The monoisotopic (exact) mass is 497 g/mol. The summed E-state index contributed by atoms with van der Waals surface area (Å²) in [7, 11) is 0. The summed E-state index contributed by atoms with van der Waals surface area (Å²) in [6, 6.07) is 13.4. The van der Waals surface area contributed by atoms with Gasteiger partial charge in [-0.25, -0.2) is 0 Å². The number of carbonyl (C=O) groups excluding carboxylic acids is 1. The first-order chi connectivity index (χ1) is 14.9. The Morgan fingerprint density at radius 1 is 1.13 bits per heavy atom. The number of aliphatic imine (C=N–C) groups is 1. The van der Waals surface area contributed by atoms with Gasteiger partial charge in [-0.1, -0.05) is 35.5 Å². The van der Waals surface area contributed by atoms with Gasteiger partial charge < -0.3 is 9.47 Å². The standard InChI is InChI=1S/C23H20BrN3O3S/c1-14-3-6-17(7-4-14)29-9-10-30-20-8-5-16(12-19(20)24)11-18-21(25)27-15(2)13-31-23(27)26-22(18)28/h3-8,11-13,25H,9-10H2,1-2H3/b18-11+,25-21?. The van der Waals surface area contributed by atoms with Crippen molar-refractivity contribution in [2.24, 2.45) is 4.99 Å². The second-order valence-electron chi connectivity index (χ2n) is 7.02. The van der Waals surface area contributed by atoms with Crippen LogP contribution in [0.25, 0.3) is 6.08 Å². The predicted molar refractivity (Wildman–Crippen MR) is 128 cm³/mol. The van der Waals surface area contributed by atoms with Crippen molar-refractivity contribution in [3.05, 3.63) is 74.7 Å². The number of nitrogens with one attached hydrogen (secondary N) is 1. The summed E-state index contributed by atoms with van der Waals surface area (Å²) >= 11 is 4.87. The normalized spacial score (nSPS) is 16.9. The number of hydrogen-bond donors (Lipinski definition) is 1. The van der Waals surface area contributed by atoms with Crippen LogP contribution in [-0.4, -0.2) is 35.0 Å². The minimum absolute atomic E-state index is 0.137. The van der Waals surface area contributed by atoms with E-state index >= 15 is 0 Å². The molecule has 31 heavy (non-hydrogen) atoms. The third-order valence-corrected chi connectivity index (χ3v) is 6.25. The first-order valence-electron chi connectivity index (χ1n) is 9.61. The molecule has 0 aromatic heterocycles. The number of nitrogens with zero attached hydrogens (tertiary/aromatic N) is 2. The van der Waals surface area contributed by atoms with Crippen LogP contribution in [0.1, 0.15) is 18.1 Å². The van der Waals surface area contributed by atoms with Crippen LogP contribution in [0.4, 0.5) is 0 Å². The van der Waals surface area contributed by atoms with Crippen molar-refractivity contribution in [1.82, 2.24) is 4.90 Å². The van der Waals surface area contributed by atoms with Crippen molar-refractivity contribution in [2.75, 3.05) is 13.2 Å². The molecule has 2 aliphatic rings. The maximum atomic E-state index is 12.4. The highest BCUT2D eigenvalue weighted by atomic mass is 79.9. The zero-order valence-electron chi connectivity index (χ0n) is 17.0. The second kappa shape index (κ2) is 9.11. The van der Waals surface area contributed by atoms with E-state index in [1.54, 1.807) is 11.0 Å². The van der Waals surface area contributed by atoms with Gasteiger partial charge in [-0.15, -0.1) is 0 Å². The SMILES string of the molecule is CC1=CSC2=NC(=O)/C(=C/c3ccc(OCCOc4ccc(C)cc4)c(Br)c3)C(=N)N12. The molecule has 4 rings (SSSR count). The topological polar surface area (TPSA) is 75.0 Å². The molecule has 8 heteroatoms. The Kier molecular flexibility index (Phi) is 6.29. The fourth-order valence-corrected chi connectivity index (χ4v) is 4.45. The number of benzene rings is 2. The maximum Gasteiger partial charge on any atom is 0.283 e. The number of halogens is 1. The van der Waals surface area contributed by atoms with Gasteiger partial charge in [-0.2, -0.15) is 4.99 Å². The Labute approximate surface area is 193 Å². The Morgan fingerprint density at radius 3 is 2.61 bits per heavy atom. The highest BCUT2D eigenvalue weighted by Gasteiger charge is 2.33. The lowest BCUT2D eigenvalue weighted by molar-refractivity contribution is -0.114. The average molecular weight is 498 g/mol. The molecule has 0 unspecified atom stereocenters. The van der Waals surface area contributed by atoms with E-state index in [2.05, 4.69) is 20.9 Å². The number of aryl methyl sites for hydroxylation is 1. The van der Waals surface area contributed by atoms with Gasteiger partial charge in [0.25, 0.3) is 5.91 Å². The van der Waals surface area contributed by atoms with Gasteiger partial charge in [0.2, 0.25) is 0 Å². The van der Waals surface area contributed by atoms with Crippen molar-refractivity contribution >= 4 is 50.7 Å². The Bertz CT molecular complexity index is 1140. The van der Waals surface area contributed by atoms with Gasteiger partial charge in [0.05, 0.1) is 10.0 Å². The highest BCUT2D eigenvalue weighted by molar-refractivity contribution is 9.10. The van der Waals surface area contributed by atoms with Crippen LogP contribution in [0.3, 0.4) is 0 Å². The molecule has 1 amide bonds. The average Bonchev–Trinajstić information content (AvgIpc) is 3.11. The molecule has 2 aromatic carbocycles. The first-order valence-corrected chi connectivity index (χ1v) is 11.3. The van der Waals surface area contributed by atoms with E-state index < -0.39 is 5.91 Å². The van der Waals surface area contributed by atoms with Crippen molar-refractivity contribution in [2.45, 2.75) is 13.8 Å². The number of fused-ring (bicyclic) bond motifs is 1. The molecule has 0 aliphatic carbocycles. The molecule has 0 bridgehead atoms. The second-order valence-corrected chi connectivity index (χ2v) is 8.71. The molecule has 2 heterocycles. The molecule has 0 saturated carbocycles.